The maximum atomic E-state index is 12.4. The van der Waals surface area contributed by atoms with Crippen LogP contribution < -0.4 is 0 Å². The predicted octanol–water partition coefficient (Wildman–Crippen LogP) is 1.96. The maximum Gasteiger partial charge on any atom is 0.228 e. The van der Waals surface area contributed by atoms with Crippen molar-refractivity contribution in [2.24, 2.45) is 0 Å². The molecule has 0 atom stereocenters. The number of carbonyl (C=O) groups excluding carboxylic acids is 1. The number of ether oxygens (including phenoxy) is 1. The highest BCUT2D eigenvalue weighted by atomic mass is 32.1. The van der Waals surface area contributed by atoms with Gasteiger partial charge in [0.2, 0.25) is 5.91 Å². The summed E-state index contributed by atoms with van der Waals surface area (Å²) in [4.78, 5) is 23.8. The van der Waals surface area contributed by atoms with Crippen molar-refractivity contribution in [3.63, 3.8) is 0 Å². The molecular formula is C21H28N4O2S. The van der Waals surface area contributed by atoms with Crippen molar-refractivity contribution in [2.75, 3.05) is 59.5 Å². The molecule has 6 nitrogen and oxygen atoms in total. The third-order valence-corrected chi connectivity index (χ3v) is 6.39. The minimum Gasteiger partial charge on any atom is -0.378 e. The first-order valence-electron chi connectivity index (χ1n) is 9.97. The third-order valence-electron chi connectivity index (χ3n) is 5.45. The van der Waals surface area contributed by atoms with E-state index in [-0.39, 0.29) is 5.91 Å². The summed E-state index contributed by atoms with van der Waals surface area (Å²) in [6.45, 7) is 8.19. The number of thiazole rings is 1. The fourth-order valence-corrected chi connectivity index (χ4v) is 4.44. The molecule has 3 heterocycles. The second-order valence-corrected chi connectivity index (χ2v) is 8.45. The van der Waals surface area contributed by atoms with Crippen LogP contribution in [0, 0.1) is 0 Å². The fraction of sp³-hybridized carbons (Fsp3) is 0.524. The standard InChI is InChI=1S/C21H28N4O2S/c1-23-6-8-24(9-7-23)15-17-2-4-18(5-3-17)21-22-19(16-28-21)14-20(26)25-10-12-27-13-11-25/h2-5,16H,6-15H2,1H3. The van der Waals surface area contributed by atoms with Crippen molar-refractivity contribution in [1.29, 1.82) is 0 Å². The summed E-state index contributed by atoms with van der Waals surface area (Å²) in [7, 11) is 2.18. The van der Waals surface area contributed by atoms with Gasteiger partial charge in [-0.15, -0.1) is 11.3 Å². The zero-order chi connectivity index (χ0) is 19.3. The minimum absolute atomic E-state index is 0.141. The number of nitrogens with zero attached hydrogens (tertiary/aromatic N) is 4. The molecule has 2 aliphatic heterocycles. The van der Waals surface area contributed by atoms with Gasteiger partial charge in [-0.25, -0.2) is 4.98 Å². The Labute approximate surface area is 170 Å². The van der Waals surface area contributed by atoms with Gasteiger partial charge in [0.25, 0.3) is 0 Å². The highest BCUT2D eigenvalue weighted by Crippen LogP contribution is 2.25. The Morgan fingerprint density at radius 3 is 2.50 bits per heavy atom. The number of rotatable bonds is 5. The van der Waals surface area contributed by atoms with E-state index in [1.54, 1.807) is 11.3 Å². The summed E-state index contributed by atoms with van der Waals surface area (Å²) in [6, 6.07) is 8.71. The summed E-state index contributed by atoms with van der Waals surface area (Å²) >= 11 is 1.61. The van der Waals surface area contributed by atoms with Crippen LogP contribution in [0.5, 0.6) is 0 Å². The van der Waals surface area contributed by atoms with E-state index in [0.29, 0.717) is 32.7 Å². The van der Waals surface area contributed by atoms with Crippen molar-refractivity contribution in [2.45, 2.75) is 13.0 Å². The Bertz CT molecular complexity index is 778. The topological polar surface area (TPSA) is 48.9 Å². The van der Waals surface area contributed by atoms with E-state index < -0.39 is 0 Å². The molecule has 0 bridgehead atoms. The molecule has 4 rings (SSSR count). The molecule has 150 valence electrons. The molecule has 2 saturated heterocycles. The molecule has 1 amide bonds. The lowest BCUT2D eigenvalue weighted by molar-refractivity contribution is -0.134. The summed E-state index contributed by atoms with van der Waals surface area (Å²) in [5.74, 6) is 0.141. The summed E-state index contributed by atoms with van der Waals surface area (Å²) in [6.07, 6.45) is 0.373. The number of aromatic nitrogens is 1. The lowest BCUT2D eigenvalue weighted by atomic mass is 10.1. The molecule has 0 N–H and O–H groups in total. The first-order chi connectivity index (χ1) is 13.7. The summed E-state index contributed by atoms with van der Waals surface area (Å²) < 4.78 is 5.31. The van der Waals surface area contributed by atoms with E-state index >= 15 is 0 Å². The van der Waals surface area contributed by atoms with E-state index in [0.717, 1.165) is 49.0 Å². The van der Waals surface area contributed by atoms with Gasteiger partial charge in [-0.2, -0.15) is 0 Å². The van der Waals surface area contributed by atoms with E-state index in [1.807, 2.05) is 10.3 Å². The molecule has 2 aromatic rings. The normalized spacial score (nSPS) is 19.1. The van der Waals surface area contributed by atoms with Crippen LogP contribution in [0.15, 0.2) is 29.6 Å². The van der Waals surface area contributed by atoms with Gasteiger partial charge in [0, 0.05) is 56.8 Å². The molecule has 7 heteroatoms. The van der Waals surface area contributed by atoms with Crippen LogP contribution >= 0.6 is 11.3 Å². The Balaban J connectivity index is 1.33. The summed E-state index contributed by atoms with van der Waals surface area (Å²) in [5.41, 5.74) is 3.32. The van der Waals surface area contributed by atoms with E-state index in [4.69, 9.17) is 9.72 Å². The average molecular weight is 401 g/mol. The first kappa shape index (κ1) is 19.5. The molecular weight excluding hydrogens is 372 g/mol. The van der Waals surface area contributed by atoms with Crippen LogP contribution in [0.25, 0.3) is 10.6 Å². The number of hydrogen-bond donors (Lipinski definition) is 0. The van der Waals surface area contributed by atoms with Crippen molar-refractivity contribution in [3.8, 4) is 10.6 Å². The van der Waals surface area contributed by atoms with Crippen LogP contribution in [0.3, 0.4) is 0 Å². The van der Waals surface area contributed by atoms with Gasteiger partial charge in [0.15, 0.2) is 0 Å². The van der Waals surface area contributed by atoms with Gasteiger partial charge in [0.1, 0.15) is 5.01 Å². The number of likely N-dealkylation sites (N-methyl/N-ethyl adjacent to an activating group) is 1. The van der Waals surface area contributed by atoms with Crippen LogP contribution in [0.1, 0.15) is 11.3 Å². The van der Waals surface area contributed by atoms with Gasteiger partial charge in [-0.05, 0) is 12.6 Å². The lowest BCUT2D eigenvalue weighted by Gasteiger charge is -2.32. The van der Waals surface area contributed by atoms with E-state index in [9.17, 15) is 4.79 Å². The molecule has 1 aromatic carbocycles. The second kappa shape index (κ2) is 9.13. The Kier molecular flexibility index (Phi) is 6.36. The van der Waals surface area contributed by atoms with Crippen LogP contribution in [0.4, 0.5) is 0 Å². The number of morpholine rings is 1. The Morgan fingerprint density at radius 1 is 1.07 bits per heavy atom. The van der Waals surface area contributed by atoms with Crippen molar-refractivity contribution in [3.05, 3.63) is 40.9 Å². The minimum atomic E-state index is 0.141. The SMILES string of the molecule is CN1CCN(Cc2ccc(-c3nc(CC(=O)N4CCOCC4)cs3)cc2)CC1. The molecule has 1 aromatic heterocycles. The zero-order valence-corrected chi connectivity index (χ0v) is 17.3. The van der Waals surface area contributed by atoms with Crippen molar-refractivity contribution < 1.29 is 9.53 Å². The highest BCUT2D eigenvalue weighted by Gasteiger charge is 2.18. The first-order valence-corrected chi connectivity index (χ1v) is 10.9. The molecule has 0 radical (unpaired) electrons. The van der Waals surface area contributed by atoms with Crippen LogP contribution in [0.2, 0.25) is 0 Å². The van der Waals surface area contributed by atoms with Gasteiger partial charge in [-0.3, -0.25) is 9.69 Å². The fourth-order valence-electron chi connectivity index (χ4n) is 3.62. The smallest absolute Gasteiger partial charge is 0.228 e. The molecule has 0 aliphatic carbocycles. The Hall–Kier alpha value is -1.80. The molecule has 0 spiro atoms. The lowest BCUT2D eigenvalue weighted by Crippen LogP contribution is -2.43. The highest BCUT2D eigenvalue weighted by molar-refractivity contribution is 7.13. The number of hydrogen-bond acceptors (Lipinski definition) is 6. The number of carbonyl (C=O) groups is 1. The van der Waals surface area contributed by atoms with Gasteiger partial charge in [-0.1, -0.05) is 24.3 Å². The van der Waals surface area contributed by atoms with Gasteiger partial charge < -0.3 is 14.5 Å². The second-order valence-electron chi connectivity index (χ2n) is 7.59. The zero-order valence-electron chi connectivity index (χ0n) is 16.5. The molecule has 28 heavy (non-hydrogen) atoms. The molecule has 0 saturated carbocycles. The van der Waals surface area contributed by atoms with Gasteiger partial charge >= 0.3 is 0 Å². The number of amides is 1. The van der Waals surface area contributed by atoms with Gasteiger partial charge in [0.05, 0.1) is 25.3 Å². The Morgan fingerprint density at radius 2 is 1.79 bits per heavy atom. The number of benzene rings is 1. The van der Waals surface area contributed by atoms with Crippen LogP contribution in [-0.2, 0) is 22.5 Å². The van der Waals surface area contributed by atoms with E-state index in [1.165, 1.54) is 5.56 Å². The quantitative estimate of drug-likeness (QED) is 0.768. The molecule has 2 fully saturated rings. The van der Waals surface area contributed by atoms with Crippen LogP contribution in [-0.4, -0.2) is 85.1 Å². The molecule has 0 unspecified atom stereocenters. The maximum absolute atomic E-state index is 12.4. The van der Waals surface area contributed by atoms with Crippen molar-refractivity contribution >= 4 is 17.2 Å². The van der Waals surface area contributed by atoms with Crippen molar-refractivity contribution in [1.82, 2.24) is 19.7 Å². The summed E-state index contributed by atoms with van der Waals surface area (Å²) in [5, 5.41) is 2.99. The average Bonchev–Trinajstić information content (AvgIpc) is 3.19. The monoisotopic (exact) mass is 400 g/mol. The third kappa shape index (κ3) is 4.97. The number of piperazine rings is 1. The largest absolute Gasteiger partial charge is 0.378 e. The van der Waals surface area contributed by atoms with E-state index in [2.05, 4.69) is 41.1 Å². The predicted molar refractivity (Wildman–Crippen MR) is 111 cm³/mol. The molecule has 2 aliphatic rings.